The minimum absolute atomic E-state index is 0.431. The van der Waals surface area contributed by atoms with Crippen LogP contribution in [0.5, 0.6) is 0 Å². The second-order valence-electron chi connectivity index (χ2n) is 4.29. The fourth-order valence-electron chi connectivity index (χ4n) is 2.11. The maximum absolute atomic E-state index is 11.3. The number of anilines is 1. The Morgan fingerprint density at radius 3 is 2.42 bits per heavy atom. The van der Waals surface area contributed by atoms with E-state index in [4.69, 9.17) is 11.5 Å². The van der Waals surface area contributed by atoms with Crippen LogP contribution in [0, 0.1) is 0 Å². The molecule has 0 radical (unpaired) electrons. The second kappa shape index (κ2) is 4.40. The van der Waals surface area contributed by atoms with Crippen molar-refractivity contribution in [2.24, 2.45) is 5.73 Å². The number of amides is 1. The van der Waals surface area contributed by atoms with Gasteiger partial charge in [-0.3, -0.25) is 4.79 Å². The van der Waals surface area contributed by atoms with Gasteiger partial charge in [0.2, 0.25) is 0 Å². The summed E-state index contributed by atoms with van der Waals surface area (Å²) in [5.41, 5.74) is 14.0. The Kier molecular flexibility index (Phi) is 2.72. The van der Waals surface area contributed by atoms with Crippen LogP contribution >= 0.6 is 11.3 Å². The van der Waals surface area contributed by atoms with E-state index in [9.17, 15) is 4.79 Å². The van der Waals surface area contributed by atoms with Crippen LogP contribution in [0.2, 0.25) is 0 Å². The number of rotatable bonds is 2. The van der Waals surface area contributed by atoms with Crippen molar-refractivity contribution in [3.05, 3.63) is 53.4 Å². The number of thiophene rings is 1. The van der Waals surface area contributed by atoms with Gasteiger partial charge in [0.05, 0.1) is 5.69 Å². The quantitative estimate of drug-likeness (QED) is 0.749. The molecule has 0 spiro atoms. The second-order valence-corrected chi connectivity index (χ2v) is 5.34. The highest BCUT2D eigenvalue weighted by molar-refractivity contribution is 7.21. The zero-order valence-electron chi connectivity index (χ0n) is 10.1. The fourth-order valence-corrected chi connectivity index (χ4v) is 3.07. The number of hydrogen-bond donors (Lipinski definition) is 2. The van der Waals surface area contributed by atoms with Crippen molar-refractivity contribution in [3.8, 4) is 11.1 Å². The van der Waals surface area contributed by atoms with Crippen LogP contribution in [0.1, 0.15) is 9.67 Å². The number of primary amides is 1. The molecule has 2 aromatic carbocycles. The molecular weight excluding hydrogens is 256 g/mol. The lowest BCUT2D eigenvalue weighted by atomic mass is 10.0. The smallest absolute Gasteiger partial charge is 0.260 e. The summed E-state index contributed by atoms with van der Waals surface area (Å²) in [4.78, 5) is 11.7. The first-order valence-corrected chi connectivity index (χ1v) is 6.65. The lowest BCUT2D eigenvalue weighted by molar-refractivity contribution is 0.100. The maximum Gasteiger partial charge on any atom is 0.260 e. The Hall–Kier alpha value is -2.33. The van der Waals surface area contributed by atoms with E-state index in [-0.39, 0.29) is 0 Å². The highest BCUT2D eigenvalue weighted by Crippen LogP contribution is 2.35. The summed E-state index contributed by atoms with van der Waals surface area (Å²) in [5, 5.41) is 0.889. The Morgan fingerprint density at radius 1 is 1.00 bits per heavy atom. The summed E-state index contributed by atoms with van der Waals surface area (Å²) in [6, 6.07) is 16.0. The number of nitrogens with two attached hydrogens (primary N) is 2. The molecule has 0 saturated carbocycles. The minimum atomic E-state index is -0.472. The maximum atomic E-state index is 11.3. The van der Waals surface area contributed by atoms with Crippen LogP contribution < -0.4 is 11.5 Å². The molecule has 1 heterocycles. The van der Waals surface area contributed by atoms with Gasteiger partial charge in [-0.15, -0.1) is 11.3 Å². The topological polar surface area (TPSA) is 69.1 Å². The van der Waals surface area contributed by atoms with Crippen LogP contribution in [-0.4, -0.2) is 5.91 Å². The van der Waals surface area contributed by atoms with Crippen molar-refractivity contribution in [2.75, 3.05) is 5.73 Å². The zero-order chi connectivity index (χ0) is 13.4. The summed E-state index contributed by atoms with van der Waals surface area (Å²) in [6.45, 7) is 0. The first-order valence-electron chi connectivity index (χ1n) is 5.84. The third kappa shape index (κ3) is 1.96. The highest BCUT2D eigenvalue weighted by Gasteiger charge is 2.14. The third-order valence-corrected chi connectivity index (χ3v) is 4.26. The van der Waals surface area contributed by atoms with E-state index in [0.717, 1.165) is 21.2 Å². The van der Waals surface area contributed by atoms with Gasteiger partial charge in [0, 0.05) is 10.1 Å². The molecule has 3 rings (SSSR count). The van der Waals surface area contributed by atoms with Crippen molar-refractivity contribution in [2.45, 2.75) is 0 Å². The average molecular weight is 268 g/mol. The minimum Gasteiger partial charge on any atom is -0.397 e. The summed E-state index contributed by atoms with van der Waals surface area (Å²) in [7, 11) is 0. The Labute approximate surface area is 114 Å². The van der Waals surface area contributed by atoms with Gasteiger partial charge < -0.3 is 11.5 Å². The Bertz CT molecular complexity index is 762. The molecule has 0 aliphatic heterocycles. The van der Waals surface area contributed by atoms with Crippen LogP contribution in [0.15, 0.2) is 48.5 Å². The molecule has 94 valence electrons. The van der Waals surface area contributed by atoms with Crippen LogP contribution in [0.25, 0.3) is 21.2 Å². The zero-order valence-corrected chi connectivity index (χ0v) is 10.9. The van der Waals surface area contributed by atoms with Crippen LogP contribution in [0.4, 0.5) is 5.69 Å². The van der Waals surface area contributed by atoms with Crippen molar-refractivity contribution in [1.82, 2.24) is 0 Å². The molecule has 0 atom stereocenters. The Morgan fingerprint density at radius 2 is 1.74 bits per heavy atom. The van der Waals surface area contributed by atoms with Crippen LogP contribution in [-0.2, 0) is 0 Å². The molecule has 19 heavy (non-hydrogen) atoms. The molecule has 0 aliphatic rings. The average Bonchev–Trinajstić information content (AvgIpc) is 2.77. The molecule has 3 aromatic rings. The van der Waals surface area contributed by atoms with Crippen molar-refractivity contribution < 1.29 is 4.79 Å². The predicted octanol–water partition coefficient (Wildman–Crippen LogP) is 3.25. The van der Waals surface area contributed by atoms with E-state index in [1.54, 1.807) is 0 Å². The first-order chi connectivity index (χ1) is 9.16. The largest absolute Gasteiger partial charge is 0.397 e. The lowest BCUT2D eigenvalue weighted by Gasteiger charge is -2.02. The van der Waals surface area contributed by atoms with Gasteiger partial charge in [-0.05, 0) is 23.3 Å². The van der Waals surface area contributed by atoms with Gasteiger partial charge in [0.1, 0.15) is 4.88 Å². The monoisotopic (exact) mass is 268 g/mol. The van der Waals surface area contributed by atoms with E-state index in [0.29, 0.717) is 10.6 Å². The SMILES string of the molecule is NC(=O)c1sc2ccc(-c3ccccc3)cc2c1N. The lowest BCUT2D eigenvalue weighted by Crippen LogP contribution is -2.10. The van der Waals surface area contributed by atoms with E-state index < -0.39 is 5.91 Å². The number of carbonyl (C=O) groups excluding carboxylic acids is 1. The van der Waals surface area contributed by atoms with E-state index in [1.165, 1.54) is 11.3 Å². The molecule has 0 fully saturated rings. The van der Waals surface area contributed by atoms with Gasteiger partial charge >= 0.3 is 0 Å². The molecule has 1 amide bonds. The standard InChI is InChI=1S/C15H12N2OS/c16-13-11-8-10(9-4-2-1-3-5-9)6-7-12(11)19-14(13)15(17)18/h1-8H,16H2,(H2,17,18). The summed E-state index contributed by atoms with van der Waals surface area (Å²) >= 11 is 1.34. The van der Waals surface area contributed by atoms with Gasteiger partial charge in [-0.2, -0.15) is 0 Å². The summed E-state index contributed by atoms with van der Waals surface area (Å²) in [6.07, 6.45) is 0. The number of nitrogen functional groups attached to an aromatic ring is 1. The molecule has 3 nitrogen and oxygen atoms in total. The normalized spacial score (nSPS) is 10.7. The molecule has 4 heteroatoms. The Balaban J connectivity index is 2.21. The number of carbonyl (C=O) groups is 1. The van der Waals surface area contributed by atoms with Crippen molar-refractivity contribution in [3.63, 3.8) is 0 Å². The molecule has 0 aliphatic carbocycles. The summed E-state index contributed by atoms with van der Waals surface area (Å²) < 4.78 is 0.978. The predicted molar refractivity (Wildman–Crippen MR) is 80.2 cm³/mol. The van der Waals surface area contributed by atoms with Crippen molar-refractivity contribution >= 4 is 33.0 Å². The molecular formula is C15H12N2OS. The molecule has 1 aromatic heterocycles. The van der Waals surface area contributed by atoms with Gasteiger partial charge in [-0.1, -0.05) is 36.4 Å². The fraction of sp³-hybridized carbons (Fsp3) is 0. The van der Waals surface area contributed by atoms with Crippen LogP contribution in [0.3, 0.4) is 0 Å². The van der Waals surface area contributed by atoms with E-state index in [2.05, 4.69) is 0 Å². The number of hydrogen-bond acceptors (Lipinski definition) is 3. The molecule has 0 unspecified atom stereocenters. The number of benzene rings is 2. The molecule has 4 N–H and O–H groups in total. The highest BCUT2D eigenvalue weighted by atomic mass is 32.1. The molecule has 0 bridgehead atoms. The van der Waals surface area contributed by atoms with E-state index >= 15 is 0 Å². The van der Waals surface area contributed by atoms with Gasteiger partial charge in [0.25, 0.3) is 5.91 Å². The number of fused-ring (bicyclic) bond motifs is 1. The van der Waals surface area contributed by atoms with Gasteiger partial charge in [0.15, 0.2) is 0 Å². The van der Waals surface area contributed by atoms with Crippen molar-refractivity contribution in [1.29, 1.82) is 0 Å². The first kappa shape index (κ1) is 11.7. The van der Waals surface area contributed by atoms with Gasteiger partial charge in [-0.25, -0.2) is 0 Å². The summed E-state index contributed by atoms with van der Waals surface area (Å²) in [5.74, 6) is -0.472. The molecule has 0 saturated heterocycles. The van der Waals surface area contributed by atoms with E-state index in [1.807, 2.05) is 48.5 Å². The third-order valence-electron chi connectivity index (χ3n) is 3.06.